The van der Waals surface area contributed by atoms with Crippen LogP contribution < -0.4 is 11.1 Å². The lowest BCUT2D eigenvalue weighted by Crippen LogP contribution is -2.44. The van der Waals surface area contributed by atoms with E-state index in [-0.39, 0.29) is 17.8 Å². The summed E-state index contributed by atoms with van der Waals surface area (Å²) in [4.78, 5) is 23.7. The molecule has 0 spiro atoms. The molecular formula is C16H21BrN2O3. The molecule has 6 heteroatoms. The second-order valence-electron chi connectivity index (χ2n) is 5.63. The predicted octanol–water partition coefficient (Wildman–Crippen LogP) is 3.23. The zero-order valence-corrected chi connectivity index (χ0v) is 14.2. The summed E-state index contributed by atoms with van der Waals surface area (Å²) >= 11 is 3.31. The fourth-order valence-electron chi connectivity index (χ4n) is 2.81. The van der Waals surface area contributed by atoms with Gasteiger partial charge in [0.05, 0.1) is 5.56 Å². The van der Waals surface area contributed by atoms with Gasteiger partial charge in [-0.2, -0.15) is 0 Å². The first kappa shape index (κ1) is 16.8. The van der Waals surface area contributed by atoms with Crippen LogP contribution in [0.15, 0.2) is 22.7 Å². The minimum atomic E-state index is -0.589. The van der Waals surface area contributed by atoms with Gasteiger partial charge in [0.1, 0.15) is 0 Å². The SMILES string of the molecule is CC(=O)O[C@H](NC(=O)c1ccc(Br)cc1N)C1CCCCC1. The first-order chi connectivity index (χ1) is 10.5. The van der Waals surface area contributed by atoms with Crippen LogP contribution >= 0.6 is 15.9 Å². The van der Waals surface area contributed by atoms with Gasteiger partial charge in [-0.05, 0) is 31.0 Å². The summed E-state index contributed by atoms with van der Waals surface area (Å²) in [6.07, 6.45) is 4.70. The average molecular weight is 369 g/mol. The van der Waals surface area contributed by atoms with Gasteiger partial charge in [0, 0.05) is 23.0 Å². The number of esters is 1. The van der Waals surface area contributed by atoms with Crippen molar-refractivity contribution in [1.29, 1.82) is 0 Å². The smallest absolute Gasteiger partial charge is 0.304 e. The third kappa shape index (κ3) is 4.47. The molecule has 0 heterocycles. The van der Waals surface area contributed by atoms with Crippen molar-refractivity contribution in [1.82, 2.24) is 5.32 Å². The minimum Gasteiger partial charge on any atom is -0.442 e. The zero-order chi connectivity index (χ0) is 16.1. The van der Waals surface area contributed by atoms with E-state index < -0.39 is 6.23 Å². The molecule has 2 rings (SSSR count). The Kier molecular flexibility index (Phi) is 5.83. The molecule has 1 aliphatic carbocycles. The van der Waals surface area contributed by atoms with Crippen LogP contribution in [0.5, 0.6) is 0 Å². The number of rotatable bonds is 4. The highest BCUT2D eigenvalue weighted by molar-refractivity contribution is 9.10. The molecule has 1 aromatic rings. The van der Waals surface area contributed by atoms with E-state index in [4.69, 9.17) is 10.5 Å². The number of hydrogen-bond donors (Lipinski definition) is 2. The summed E-state index contributed by atoms with van der Waals surface area (Å²) in [7, 11) is 0. The van der Waals surface area contributed by atoms with Crippen LogP contribution in [0, 0.1) is 5.92 Å². The summed E-state index contributed by atoms with van der Waals surface area (Å²) in [5, 5.41) is 2.82. The first-order valence-electron chi connectivity index (χ1n) is 7.50. The molecule has 1 aromatic carbocycles. The number of nitrogen functional groups attached to an aromatic ring is 1. The lowest BCUT2D eigenvalue weighted by Gasteiger charge is -2.30. The Morgan fingerprint density at radius 3 is 2.59 bits per heavy atom. The van der Waals surface area contributed by atoms with Crippen molar-refractivity contribution in [3.8, 4) is 0 Å². The fourth-order valence-corrected chi connectivity index (χ4v) is 3.19. The molecule has 1 saturated carbocycles. The molecule has 0 saturated heterocycles. The number of amides is 1. The van der Waals surface area contributed by atoms with Crippen molar-refractivity contribution in [3.63, 3.8) is 0 Å². The van der Waals surface area contributed by atoms with Crippen molar-refractivity contribution in [2.45, 2.75) is 45.3 Å². The van der Waals surface area contributed by atoms with Gasteiger partial charge in [-0.1, -0.05) is 35.2 Å². The molecule has 1 aliphatic rings. The lowest BCUT2D eigenvalue weighted by molar-refractivity contribution is -0.151. The highest BCUT2D eigenvalue weighted by Crippen LogP contribution is 2.27. The zero-order valence-electron chi connectivity index (χ0n) is 12.6. The van der Waals surface area contributed by atoms with Crippen molar-refractivity contribution in [2.75, 3.05) is 5.73 Å². The summed E-state index contributed by atoms with van der Waals surface area (Å²) in [6.45, 7) is 1.36. The molecule has 120 valence electrons. The Morgan fingerprint density at radius 2 is 2.00 bits per heavy atom. The van der Waals surface area contributed by atoms with Gasteiger partial charge in [0.15, 0.2) is 6.23 Å². The molecule has 5 nitrogen and oxygen atoms in total. The second-order valence-corrected chi connectivity index (χ2v) is 6.55. The number of hydrogen-bond acceptors (Lipinski definition) is 4. The predicted molar refractivity (Wildman–Crippen MR) is 88.1 cm³/mol. The molecular weight excluding hydrogens is 348 g/mol. The third-order valence-electron chi connectivity index (χ3n) is 3.90. The maximum absolute atomic E-state index is 12.4. The van der Waals surface area contributed by atoms with Gasteiger partial charge in [-0.3, -0.25) is 9.59 Å². The van der Waals surface area contributed by atoms with Crippen molar-refractivity contribution in [2.24, 2.45) is 5.92 Å². The number of carbonyl (C=O) groups is 2. The van der Waals surface area contributed by atoms with E-state index in [2.05, 4.69) is 21.2 Å². The van der Waals surface area contributed by atoms with Crippen molar-refractivity contribution >= 4 is 33.5 Å². The highest BCUT2D eigenvalue weighted by atomic mass is 79.9. The molecule has 0 aromatic heterocycles. The molecule has 0 aliphatic heterocycles. The van der Waals surface area contributed by atoms with Gasteiger partial charge in [-0.15, -0.1) is 0 Å². The molecule has 3 N–H and O–H groups in total. The van der Waals surface area contributed by atoms with Crippen LogP contribution in [-0.4, -0.2) is 18.1 Å². The topological polar surface area (TPSA) is 81.4 Å². The Labute approximate surface area is 138 Å². The largest absolute Gasteiger partial charge is 0.442 e. The van der Waals surface area contributed by atoms with E-state index in [1.54, 1.807) is 18.2 Å². The van der Waals surface area contributed by atoms with E-state index in [0.717, 1.165) is 30.2 Å². The molecule has 1 amide bonds. The Morgan fingerprint density at radius 1 is 1.32 bits per heavy atom. The van der Waals surface area contributed by atoms with Gasteiger partial charge < -0.3 is 15.8 Å². The molecule has 0 radical (unpaired) electrons. The number of carbonyl (C=O) groups excluding carboxylic acids is 2. The number of nitrogens with one attached hydrogen (secondary N) is 1. The molecule has 1 atom stereocenters. The Balaban J connectivity index is 2.11. The summed E-state index contributed by atoms with van der Waals surface area (Å²) in [5.74, 6) is -0.542. The fraction of sp³-hybridized carbons (Fsp3) is 0.500. The van der Waals surface area contributed by atoms with Crippen LogP contribution in [0.2, 0.25) is 0 Å². The first-order valence-corrected chi connectivity index (χ1v) is 8.30. The molecule has 0 bridgehead atoms. The number of nitrogens with two attached hydrogens (primary N) is 1. The van der Waals surface area contributed by atoms with E-state index >= 15 is 0 Å². The van der Waals surface area contributed by atoms with Crippen LogP contribution in [-0.2, 0) is 9.53 Å². The normalized spacial score (nSPS) is 16.8. The standard InChI is InChI=1S/C16H21BrN2O3/c1-10(20)22-16(11-5-3-2-4-6-11)19-15(21)13-8-7-12(17)9-14(13)18/h7-9,11,16H,2-6,18H2,1H3,(H,19,21)/t16-/m0/s1. The highest BCUT2D eigenvalue weighted by Gasteiger charge is 2.28. The number of halogens is 1. The summed E-state index contributed by atoms with van der Waals surface area (Å²) < 4.78 is 6.14. The third-order valence-corrected chi connectivity index (χ3v) is 4.40. The Hall–Kier alpha value is -1.56. The van der Waals surface area contributed by atoms with Gasteiger partial charge in [0.2, 0.25) is 0 Å². The average Bonchev–Trinajstić information content (AvgIpc) is 2.46. The maximum Gasteiger partial charge on any atom is 0.304 e. The van der Waals surface area contributed by atoms with E-state index in [9.17, 15) is 9.59 Å². The second kappa shape index (κ2) is 7.63. The van der Waals surface area contributed by atoms with Crippen LogP contribution in [0.25, 0.3) is 0 Å². The van der Waals surface area contributed by atoms with Crippen molar-refractivity contribution in [3.05, 3.63) is 28.2 Å². The summed E-state index contributed by atoms with van der Waals surface area (Å²) in [6, 6.07) is 5.09. The van der Waals surface area contributed by atoms with Crippen LogP contribution in [0.3, 0.4) is 0 Å². The maximum atomic E-state index is 12.4. The van der Waals surface area contributed by atoms with E-state index in [1.165, 1.54) is 13.3 Å². The number of anilines is 1. The van der Waals surface area contributed by atoms with Crippen LogP contribution in [0.4, 0.5) is 5.69 Å². The quantitative estimate of drug-likeness (QED) is 0.485. The van der Waals surface area contributed by atoms with Crippen LogP contribution in [0.1, 0.15) is 49.4 Å². The van der Waals surface area contributed by atoms with E-state index in [1.807, 2.05) is 0 Å². The Bertz CT molecular complexity index is 556. The van der Waals surface area contributed by atoms with Crippen molar-refractivity contribution < 1.29 is 14.3 Å². The molecule has 0 unspecified atom stereocenters. The minimum absolute atomic E-state index is 0.165. The lowest BCUT2D eigenvalue weighted by atomic mass is 9.88. The molecule has 22 heavy (non-hydrogen) atoms. The monoisotopic (exact) mass is 368 g/mol. The number of ether oxygens (including phenoxy) is 1. The number of benzene rings is 1. The summed E-state index contributed by atoms with van der Waals surface area (Å²) in [5.41, 5.74) is 6.65. The van der Waals surface area contributed by atoms with Gasteiger partial charge >= 0.3 is 5.97 Å². The van der Waals surface area contributed by atoms with Gasteiger partial charge in [0.25, 0.3) is 5.91 Å². The van der Waals surface area contributed by atoms with Gasteiger partial charge in [-0.25, -0.2) is 0 Å². The van der Waals surface area contributed by atoms with E-state index in [0.29, 0.717) is 11.3 Å². The molecule has 1 fully saturated rings.